The van der Waals surface area contributed by atoms with Crippen LogP contribution in [0.25, 0.3) is 0 Å². The van der Waals surface area contributed by atoms with Gasteiger partial charge >= 0.3 is 0 Å². The maximum atomic E-state index is 11.1. The van der Waals surface area contributed by atoms with Crippen LogP contribution in [0.1, 0.15) is 13.8 Å². The summed E-state index contributed by atoms with van der Waals surface area (Å²) in [6, 6.07) is 5.56. The molecule has 0 saturated heterocycles. The molecule has 0 radical (unpaired) electrons. The summed E-state index contributed by atoms with van der Waals surface area (Å²) in [7, 11) is 0. The number of nitrogens with two attached hydrogens (primary N) is 1. The molecule has 0 fully saturated rings. The molecule has 0 aliphatic carbocycles. The van der Waals surface area contributed by atoms with Gasteiger partial charge < -0.3 is 10.5 Å². The molecule has 1 aromatic carbocycles. The molecule has 0 aliphatic heterocycles. The summed E-state index contributed by atoms with van der Waals surface area (Å²) in [6.07, 6.45) is 0. The number of hydrogen-bond donors (Lipinski definition) is 1. The van der Waals surface area contributed by atoms with E-state index in [0.717, 1.165) is 8.04 Å². The molecule has 0 unspecified atom stereocenters. The van der Waals surface area contributed by atoms with Gasteiger partial charge in [0.15, 0.2) is 5.60 Å². The number of primary amides is 1. The number of benzene rings is 1. The lowest BCUT2D eigenvalue weighted by Crippen LogP contribution is -2.43. The molecule has 2 N–H and O–H groups in total. The maximum absolute atomic E-state index is 11.1. The van der Waals surface area contributed by atoms with Crippen molar-refractivity contribution in [1.29, 1.82) is 0 Å². The lowest BCUT2D eigenvalue weighted by Gasteiger charge is -2.23. The summed E-state index contributed by atoms with van der Waals surface area (Å²) >= 11 is 5.53. The molecule has 0 atom stereocenters. The number of amides is 1. The van der Waals surface area contributed by atoms with Crippen molar-refractivity contribution in [2.45, 2.75) is 19.4 Å². The quantitative estimate of drug-likeness (QED) is 0.816. The van der Waals surface area contributed by atoms with E-state index in [4.69, 9.17) is 10.5 Å². The summed E-state index contributed by atoms with van der Waals surface area (Å²) in [6.45, 7) is 3.29. The highest BCUT2D eigenvalue weighted by atomic mass is 127. The number of halogens is 2. The molecule has 1 amide bonds. The molecule has 3 nitrogen and oxygen atoms in total. The van der Waals surface area contributed by atoms with Crippen LogP contribution in [0, 0.1) is 3.57 Å². The van der Waals surface area contributed by atoms with E-state index in [0.29, 0.717) is 5.75 Å². The van der Waals surface area contributed by atoms with Gasteiger partial charge in [0.1, 0.15) is 5.75 Å². The van der Waals surface area contributed by atoms with Gasteiger partial charge in [-0.2, -0.15) is 0 Å². The van der Waals surface area contributed by atoms with Crippen LogP contribution in [-0.4, -0.2) is 11.5 Å². The second-order valence-corrected chi connectivity index (χ2v) is 5.46. The van der Waals surface area contributed by atoms with Gasteiger partial charge in [0.25, 0.3) is 5.91 Å². The Labute approximate surface area is 111 Å². The summed E-state index contributed by atoms with van der Waals surface area (Å²) < 4.78 is 7.41. The Morgan fingerprint density at radius 1 is 1.53 bits per heavy atom. The van der Waals surface area contributed by atoms with Gasteiger partial charge in [0.2, 0.25) is 0 Å². The van der Waals surface area contributed by atoms with Gasteiger partial charge in [-0.25, -0.2) is 0 Å². The number of carbonyl (C=O) groups is 1. The Kier molecular flexibility index (Phi) is 3.99. The van der Waals surface area contributed by atoms with E-state index >= 15 is 0 Å². The summed E-state index contributed by atoms with van der Waals surface area (Å²) in [5.41, 5.74) is 4.23. The summed E-state index contributed by atoms with van der Waals surface area (Å²) in [5, 5.41) is 0. The second kappa shape index (κ2) is 4.69. The van der Waals surface area contributed by atoms with Crippen molar-refractivity contribution in [2.75, 3.05) is 0 Å². The van der Waals surface area contributed by atoms with Crippen LogP contribution in [0.3, 0.4) is 0 Å². The summed E-state index contributed by atoms with van der Waals surface area (Å²) in [5.74, 6) is 0.159. The van der Waals surface area contributed by atoms with Crippen molar-refractivity contribution in [3.05, 3.63) is 26.2 Å². The van der Waals surface area contributed by atoms with Crippen molar-refractivity contribution in [1.82, 2.24) is 0 Å². The third-order valence-corrected chi connectivity index (χ3v) is 4.39. The first kappa shape index (κ1) is 12.8. The smallest absolute Gasteiger partial charge is 0.261 e. The Hall–Kier alpha value is -0.300. The van der Waals surface area contributed by atoms with Crippen LogP contribution in [0.2, 0.25) is 0 Å². The number of hydrogen-bond acceptors (Lipinski definition) is 2. The van der Waals surface area contributed by atoms with E-state index < -0.39 is 11.5 Å². The molecule has 15 heavy (non-hydrogen) atoms. The van der Waals surface area contributed by atoms with Crippen molar-refractivity contribution < 1.29 is 9.53 Å². The van der Waals surface area contributed by atoms with E-state index in [1.165, 1.54) is 0 Å². The minimum atomic E-state index is -0.999. The lowest BCUT2D eigenvalue weighted by atomic mass is 10.1. The van der Waals surface area contributed by atoms with E-state index in [1.54, 1.807) is 19.9 Å². The Bertz CT molecular complexity index is 393. The standard InChI is InChI=1S/C10H11BrINO2/c1-10(2,9(13)14)15-7-5-3-4-6(11)8(7)12/h3-5H,1-2H3,(H2,13,14). The number of carbonyl (C=O) groups excluding carboxylic acids is 1. The molecule has 5 heteroatoms. The third-order valence-electron chi connectivity index (χ3n) is 1.87. The number of ether oxygens (including phenoxy) is 1. The van der Waals surface area contributed by atoms with E-state index in [9.17, 15) is 4.79 Å². The van der Waals surface area contributed by atoms with Crippen molar-refractivity contribution >= 4 is 44.4 Å². The predicted molar refractivity (Wildman–Crippen MR) is 70.8 cm³/mol. The highest BCUT2D eigenvalue weighted by molar-refractivity contribution is 14.1. The average molecular weight is 384 g/mol. The summed E-state index contributed by atoms with van der Waals surface area (Å²) in [4.78, 5) is 11.1. The van der Waals surface area contributed by atoms with Gasteiger partial charge in [-0.3, -0.25) is 4.79 Å². The SMILES string of the molecule is CC(C)(Oc1cccc(Br)c1I)C(N)=O. The van der Waals surface area contributed by atoms with Crippen molar-refractivity contribution in [3.8, 4) is 5.75 Å². The fourth-order valence-electron chi connectivity index (χ4n) is 0.888. The van der Waals surface area contributed by atoms with Gasteiger partial charge in [-0.1, -0.05) is 6.07 Å². The molecule has 1 rings (SSSR count). The zero-order valence-corrected chi connectivity index (χ0v) is 12.1. The molecular weight excluding hydrogens is 373 g/mol. The molecule has 0 heterocycles. The fraction of sp³-hybridized carbons (Fsp3) is 0.300. The Morgan fingerprint density at radius 2 is 2.13 bits per heavy atom. The first-order chi connectivity index (χ1) is 6.84. The molecule has 0 aromatic heterocycles. The topological polar surface area (TPSA) is 52.3 Å². The molecule has 0 bridgehead atoms. The van der Waals surface area contributed by atoms with E-state index in [1.807, 2.05) is 12.1 Å². The lowest BCUT2D eigenvalue weighted by molar-refractivity contribution is -0.130. The van der Waals surface area contributed by atoms with Gasteiger partial charge in [0.05, 0.1) is 3.57 Å². The largest absolute Gasteiger partial charge is 0.477 e. The molecule has 82 valence electrons. The zero-order valence-electron chi connectivity index (χ0n) is 8.38. The number of rotatable bonds is 3. The zero-order chi connectivity index (χ0) is 11.6. The van der Waals surface area contributed by atoms with Crippen LogP contribution >= 0.6 is 38.5 Å². The monoisotopic (exact) mass is 383 g/mol. The van der Waals surface area contributed by atoms with Crippen LogP contribution in [0.5, 0.6) is 5.75 Å². The van der Waals surface area contributed by atoms with Gasteiger partial charge in [0, 0.05) is 4.47 Å². The molecule has 0 spiro atoms. The third kappa shape index (κ3) is 3.07. The van der Waals surface area contributed by atoms with Gasteiger partial charge in [-0.15, -0.1) is 0 Å². The minimum absolute atomic E-state index is 0.488. The highest BCUT2D eigenvalue weighted by Gasteiger charge is 2.27. The van der Waals surface area contributed by atoms with Crippen LogP contribution in [-0.2, 0) is 4.79 Å². The first-order valence-electron chi connectivity index (χ1n) is 4.27. The highest BCUT2D eigenvalue weighted by Crippen LogP contribution is 2.30. The molecule has 1 aromatic rings. The minimum Gasteiger partial charge on any atom is -0.477 e. The van der Waals surface area contributed by atoms with Crippen molar-refractivity contribution in [2.24, 2.45) is 5.73 Å². The van der Waals surface area contributed by atoms with Crippen LogP contribution < -0.4 is 10.5 Å². The molecule has 0 aliphatic rings. The molecular formula is C10H11BrINO2. The van der Waals surface area contributed by atoms with E-state index in [2.05, 4.69) is 38.5 Å². The Balaban J connectivity index is 3.00. The molecule has 0 saturated carbocycles. The maximum Gasteiger partial charge on any atom is 0.261 e. The predicted octanol–water partition coefficient (Wildman–Crippen LogP) is 2.70. The average Bonchev–Trinajstić information content (AvgIpc) is 2.12. The van der Waals surface area contributed by atoms with Crippen LogP contribution in [0.4, 0.5) is 0 Å². The van der Waals surface area contributed by atoms with Crippen molar-refractivity contribution in [3.63, 3.8) is 0 Å². The van der Waals surface area contributed by atoms with Gasteiger partial charge in [-0.05, 0) is 64.5 Å². The normalized spacial score (nSPS) is 11.2. The van der Waals surface area contributed by atoms with Crippen LogP contribution in [0.15, 0.2) is 22.7 Å². The Morgan fingerprint density at radius 3 is 2.67 bits per heavy atom. The fourth-order valence-corrected chi connectivity index (χ4v) is 1.71. The second-order valence-electron chi connectivity index (χ2n) is 3.53. The first-order valence-corrected chi connectivity index (χ1v) is 6.14. The van der Waals surface area contributed by atoms with E-state index in [-0.39, 0.29) is 0 Å².